The standard InChI is InChI=1S/C14H29N3O4S/c1-14(2,3)21-13(18)17(22(19,20)16(4)5)12(10-15)11-8-6-7-9-11/h11-12H,6-10,15H2,1-5H3. The van der Waals surface area contributed by atoms with E-state index >= 15 is 0 Å². The molecule has 7 nitrogen and oxygen atoms in total. The van der Waals surface area contributed by atoms with Gasteiger partial charge in [-0.2, -0.15) is 17.0 Å². The van der Waals surface area contributed by atoms with Crippen molar-refractivity contribution in [3.63, 3.8) is 0 Å². The van der Waals surface area contributed by atoms with Gasteiger partial charge in [0.1, 0.15) is 5.60 Å². The number of rotatable bonds is 5. The Kier molecular flexibility index (Phi) is 6.23. The lowest BCUT2D eigenvalue weighted by Gasteiger charge is -2.36. The van der Waals surface area contributed by atoms with Gasteiger partial charge in [0.15, 0.2) is 0 Å². The zero-order valence-corrected chi connectivity index (χ0v) is 15.0. The molecule has 1 aliphatic carbocycles. The summed E-state index contributed by atoms with van der Waals surface area (Å²) in [6.45, 7) is 5.21. The van der Waals surface area contributed by atoms with E-state index < -0.39 is 27.9 Å². The van der Waals surface area contributed by atoms with Crippen LogP contribution < -0.4 is 5.73 Å². The average molecular weight is 335 g/mol. The number of carbonyl (C=O) groups excluding carboxylic acids is 1. The van der Waals surface area contributed by atoms with Gasteiger partial charge >= 0.3 is 16.3 Å². The van der Waals surface area contributed by atoms with Crippen LogP contribution in [-0.4, -0.2) is 55.4 Å². The van der Waals surface area contributed by atoms with Crippen molar-refractivity contribution < 1.29 is 17.9 Å². The number of amides is 1. The number of hydrogen-bond donors (Lipinski definition) is 1. The summed E-state index contributed by atoms with van der Waals surface area (Å²) in [5.74, 6) is 0.0900. The van der Waals surface area contributed by atoms with Crippen molar-refractivity contribution in [2.45, 2.75) is 58.1 Å². The van der Waals surface area contributed by atoms with Crippen LogP contribution in [0, 0.1) is 5.92 Å². The average Bonchev–Trinajstić information content (AvgIpc) is 2.86. The van der Waals surface area contributed by atoms with Gasteiger partial charge in [-0.15, -0.1) is 0 Å². The lowest BCUT2D eigenvalue weighted by atomic mass is 9.98. The molecule has 0 radical (unpaired) electrons. The van der Waals surface area contributed by atoms with Gasteiger partial charge in [-0.25, -0.2) is 4.79 Å². The highest BCUT2D eigenvalue weighted by molar-refractivity contribution is 7.87. The second-order valence-electron chi connectivity index (χ2n) is 6.91. The van der Waals surface area contributed by atoms with Gasteiger partial charge in [-0.3, -0.25) is 0 Å². The molecular weight excluding hydrogens is 306 g/mol. The second-order valence-corrected chi connectivity index (χ2v) is 8.93. The summed E-state index contributed by atoms with van der Waals surface area (Å²) in [6, 6.07) is -0.565. The number of ether oxygens (including phenoxy) is 1. The lowest BCUT2D eigenvalue weighted by Crippen LogP contribution is -2.55. The monoisotopic (exact) mass is 335 g/mol. The first-order chi connectivity index (χ1) is 10.0. The van der Waals surface area contributed by atoms with E-state index in [4.69, 9.17) is 10.5 Å². The second kappa shape index (κ2) is 7.14. The molecule has 0 aromatic carbocycles. The molecule has 2 N–H and O–H groups in total. The van der Waals surface area contributed by atoms with Crippen molar-refractivity contribution >= 4 is 16.3 Å². The van der Waals surface area contributed by atoms with Crippen LogP contribution in [0.4, 0.5) is 4.79 Å². The molecule has 0 aliphatic heterocycles. The van der Waals surface area contributed by atoms with E-state index in [1.807, 2.05) is 0 Å². The SMILES string of the molecule is CN(C)S(=O)(=O)N(C(=O)OC(C)(C)C)C(CN)C1CCCC1. The van der Waals surface area contributed by atoms with Crippen LogP contribution in [-0.2, 0) is 14.9 Å². The zero-order valence-electron chi connectivity index (χ0n) is 14.2. The molecule has 1 rings (SSSR count). The van der Waals surface area contributed by atoms with Crippen molar-refractivity contribution in [2.75, 3.05) is 20.6 Å². The van der Waals surface area contributed by atoms with Crippen molar-refractivity contribution in [2.24, 2.45) is 11.7 Å². The summed E-state index contributed by atoms with van der Waals surface area (Å²) in [4.78, 5) is 12.5. The minimum Gasteiger partial charge on any atom is -0.443 e. The smallest absolute Gasteiger partial charge is 0.425 e. The minimum atomic E-state index is -3.95. The summed E-state index contributed by atoms with van der Waals surface area (Å²) in [5, 5.41) is 0. The summed E-state index contributed by atoms with van der Waals surface area (Å²) < 4.78 is 32.4. The molecule has 1 fully saturated rings. The predicted molar refractivity (Wildman–Crippen MR) is 85.5 cm³/mol. The van der Waals surface area contributed by atoms with Crippen LogP contribution in [0.3, 0.4) is 0 Å². The highest BCUT2D eigenvalue weighted by atomic mass is 32.2. The first kappa shape index (κ1) is 19.2. The van der Waals surface area contributed by atoms with E-state index in [1.54, 1.807) is 20.8 Å². The van der Waals surface area contributed by atoms with Gasteiger partial charge in [0.2, 0.25) is 0 Å². The lowest BCUT2D eigenvalue weighted by molar-refractivity contribution is 0.0295. The van der Waals surface area contributed by atoms with E-state index in [-0.39, 0.29) is 12.5 Å². The molecule has 130 valence electrons. The number of hydrogen-bond acceptors (Lipinski definition) is 5. The Morgan fingerprint density at radius 2 is 1.77 bits per heavy atom. The van der Waals surface area contributed by atoms with Crippen LogP contribution in [0.5, 0.6) is 0 Å². The largest absolute Gasteiger partial charge is 0.443 e. The fourth-order valence-corrected chi connectivity index (χ4v) is 3.88. The van der Waals surface area contributed by atoms with E-state index in [0.29, 0.717) is 0 Å². The van der Waals surface area contributed by atoms with Crippen LogP contribution in [0.15, 0.2) is 0 Å². The molecule has 0 aromatic rings. The molecule has 22 heavy (non-hydrogen) atoms. The van der Waals surface area contributed by atoms with E-state index in [2.05, 4.69) is 0 Å². The Balaban J connectivity index is 3.17. The van der Waals surface area contributed by atoms with E-state index in [1.165, 1.54) is 14.1 Å². The Hall–Kier alpha value is -0.860. The summed E-state index contributed by atoms with van der Waals surface area (Å²) >= 11 is 0. The van der Waals surface area contributed by atoms with Crippen molar-refractivity contribution in [3.05, 3.63) is 0 Å². The molecule has 0 saturated heterocycles. The molecule has 0 bridgehead atoms. The van der Waals surface area contributed by atoms with Crippen molar-refractivity contribution in [1.29, 1.82) is 0 Å². The van der Waals surface area contributed by atoms with Gasteiger partial charge in [0.05, 0.1) is 6.04 Å². The Morgan fingerprint density at radius 3 is 2.14 bits per heavy atom. The van der Waals surface area contributed by atoms with Gasteiger partial charge in [0.25, 0.3) is 0 Å². The summed E-state index contributed by atoms with van der Waals surface area (Å²) in [7, 11) is -1.15. The topological polar surface area (TPSA) is 92.9 Å². The number of carbonyl (C=O) groups is 1. The fraction of sp³-hybridized carbons (Fsp3) is 0.929. The maximum Gasteiger partial charge on any atom is 0.425 e. The molecule has 1 atom stereocenters. The molecule has 1 unspecified atom stereocenters. The first-order valence-electron chi connectivity index (χ1n) is 7.65. The molecule has 1 amide bonds. The quantitative estimate of drug-likeness (QED) is 0.823. The summed E-state index contributed by atoms with van der Waals surface area (Å²) in [6.07, 6.45) is 2.97. The van der Waals surface area contributed by atoms with Crippen molar-refractivity contribution in [3.8, 4) is 0 Å². The number of nitrogens with zero attached hydrogens (tertiary/aromatic N) is 2. The van der Waals surface area contributed by atoms with Gasteiger partial charge in [0, 0.05) is 20.6 Å². The Bertz CT molecular complexity index is 479. The normalized spacial score (nSPS) is 18.5. The van der Waals surface area contributed by atoms with Gasteiger partial charge in [-0.05, 0) is 39.5 Å². The van der Waals surface area contributed by atoms with Crippen LogP contribution in [0.1, 0.15) is 46.5 Å². The third-order valence-corrected chi connectivity index (χ3v) is 5.61. The molecule has 0 aromatic heterocycles. The maximum atomic E-state index is 12.6. The molecule has 1 saturated carbocycles. The van der Waals surface area contributed by atoms with Crippen molar-refractivity contribution in [1.82, 2.24) is 8.61 Å². The van der Waals surface area contributed by atoms with Gasteiger partial charge in [-0.1, -0.05) is 12.8 Å². The predicted octanol–water partition coefficient (Wildman–Crippen LogP) is 1.55. The van der Waals surface area contributed by atoms with Gasteiger partial charge < -0.3 is 10.5 Å². The minimum absolute atomic E-state index is 0.0900. The first-order valence-corrected chi connectivity index (χ1v) is 9.05. The third-order valence-electron chi connectivity index (χ3n) is 3.77. The fourth-order valence-electron chi connectivity index (χ4n) is 2.71. The molecule has 1 aliphatic rings. The highest BCUT2D eigenvalue weighted by Gasteiger charge is 2.42. The Morgan fingerprint density at radius 1 is 1.27 bits per heavy atom. The molecule has 8 heteroatoms. The number of nitrogens with two attached hydrogens (primary N) is 1. The molecule has 0 spiro atoms. The van der Waals surface area contributed by atoms with Crippen LogP contribution >= 0.6 is 0 Å². The van der Waals surface area contributed by atoms with Crippen LogP contribution in [0.2, 0.25) is 0 Å². The highest BCUT2D eigenvalue weighted by Crippen LogP contribution is 2.32. The molecule has 0 heterocycles. The van der Waals surface area contributed by atoms with Crippen LogP contribution in [0.25, 0.3) is 0 Å². The Labute approximate surface area is 134 Å². The maximum absolute atomic E-state index is 12.6. The van der Waals surface area contributed by atoms with E-state index in [9.17, 15) is 13.2 Å². The summed E-state index contributed by atoms with van der Waals surface area (Å²) in [5.41, 5.74) is 5.05. The molecular formula is C14H29N3O4S. The third kappa shape index (κ3) is 4.57. The zero-order chi connectivity index (χ0) is 17.1. The van der Waals surface area contributed by atoms with E-state index in [0.717, 1.165) is 34.3 Å².